The summed E-state index contributed by atoms with van der Waals surface area (Å²) in [5.74, 6) is 0. The van der Waals surface area contributed by atoms with Gasteiger partial charge in [0.15, 0.2) is 0 Å². The first kappa shape index (κ1) is 15.8. The number of hydrogen-bond donors (Lipinski definition) is 0. The van der Waals surface area contributed by atoms with Crippen LogP contribution in [0.15, 0.2) is 72.9 Å². The van der Waals surface area contributed by atoms with Gasteiger partial charge in [0, 0.05) is 41.7 Å². The van der Waals surface area contributed by atoms with Crippen molar-refractivity contribution in [3.05, 3.63) is 72.9 Å². The average Bonchev–Trinajstić information content (AvgIpc) is 3.09. The number of hydrogen-bond acceptors (Lipinski definition) is 0. The molecule has 0 aromatic carbocycles. The molecule has 0 heterocycles. The van der Waals surface area contributed by atoms with Crippen LogP contribution in [0.1, 0.15) is 19.3 Å². The molecule has 0 amide bonds. The molecule has 0 saturated carbocycles. The SMILES string of the molecule is C1=CCC=C1.C1=CCC=C1.C1=CCC=C1.[Ce]. The van der Waals surface area contributed by atoms with Gasteiger partial charge in [0.05, 0.1) is 0 Å². The summed E-state index contributed by atoms with van der Waals surface area (Å²) >= 11 is 0. The van der Waals surface area contributed by atoms with Crippen LogP contribution in [0.4, 0.5) is 0 Å². The van der Waals surface area contributed by atoms with Gasteiger partial charge in [-0.2, -0.15) is 0 Å². The maximum absolute atomic E-state index is 2.12. The second-order valence-corrected chi connectivity index (χ2v) is 3.28. The summed E-state index contributed by atoms with van der Waals surface area (Å²) in [6, 6.07) is 0. The molecule has 0 bridgehead atoms. The summed E-state index contributed by atoms with van der Waals surface area (Å²) in [4.78, 5) is 0. The van der Waals surface area contributed by atoms with Gasteiger partial charge in [-0.05, 0) is 19.3 Å². The largest absolute Gasteiger partial charge is 0.0808 e. The molecule has 0 fully saturated rings. The minimum absolute atomic E-state index is 0. The van der Waals surface area contributed by atoms with Gasteiger partial charge in [0.25, 0.3) is 0 Å². The van der Waals surface area contributed by atoms with E-state index in [-0.39, 0.29) is 41.7 Å². The van der Waals surface area contributed by atoms with Crippen LogP contribution in [0.25, 0.3) is 0 Å². The fourth-order valence-electron chi connectivity index (χ4n) is 1.18. The van der Waals surface area contributed by atoms with Crippen LogP contribution in [0.3, 0.4) is 0 Å². The second kappa shape index (κ2) is 12.9. The van der Waals surface area contributed by atoms with E-state index < -0.39 is 0 Å². The Morgan fingerprint density at radius 3 is 0.625 bits per heavy atom. The van der Waals surface area contributed by atoms with E-state index >= 15 is 0 Å². The molecular formula is C15H18Ce. The molecule has 0 aromatic heterocycles. The fourth-order valence-corrected chi connectivity index (χ4v) is 1.18. The summed E-state index contributed by atoms with van der Waals surface area (Å²) in [6.45, 7) is 0. The van der Waals surface area contributed by atoms with Crippen molar-refractivity contribution < 1.29 is 41.7 Å². The molecule has 3 rings (SSSR count). The molecule has 3 aliphatic carbocycles. The third-order valence-electron chi connectivity index (χ3n) is 1.97. The Morgan fingerprint density at radius 2 is 0.562 bits per heavy atom. The molecular weight excluding hydrogens is 320 g/mol. The molecule has 0 aromatic rings. The van der Waals surface area contributed by atoms with Crippen LogP contribution in [0.2, 0.25) is 0 Å². The quantitative estimate of drug-likeness (QED) is 0.610. The number of rotatable bonds is 0. The maximum atomic E-state index is 2.12. The Hall–Kier alpha value is -0.183. The van der Waals surface area contributed by atoms with Crippen LogP contribution >= 0.6 is 0 Å². The van der Waals surface area contributed by atoms with Gasteiger partial charge in [0.2, 0.25) is 0 Å². The molecule has 0 atom stereocenters. The Balaban J connectivity index is 0.000000205. The topological polar surface area (TPSA) is 0 Å². The monoisotopic (exact) mass is 338 g/mol. The van der Waals surface area contributed by atoms with E-state index in [4.69, 9.17) is 0 Å². The predicted octanol–water partition coefficient (Wildman–Crippen LogP) is 4.51. The Labute approximate surface area is 133 Å². The van der Waals surface area contributed by atoms with E-state index in [0.717, 1.165) is 19.3 Å². The zero-order valence-corrected chi connectivity index (χ0v) is 12.7. The first-order chi connectivity index (χ1) is 7.50. The van der Waals surface area contributed by atoms with Crippen molar-refractivity contribution in [2.45, 2.75) is 19.3 Å². The molecule has 16 heavy (non-hydrogen) atoms. The molecule has 82 valence electrons. The average molecular weight is 338 g/mol. The minimum Gasteiger partial charge on any atom is -0.0808 e. The van der Waals surface area contributed by atoms with Gasteiger partial charge < -0.3 is 0 Å². The van der Waals surface area contributed by atoms with Crippen molar-refractivity contribution in [1.29, 1.82) is 0 Å². The summed E-state index contributed by atoms with van der Waals surface area (Å²) in [6.07, 6.45) is 28.5. The van der Waals surface area contributed by atoms with E-state index in [1.807, 2.05) is 0 Å². The Kier molecular flexibility index (Phi) is 12.7. The van der Waals surface area contributed by atoms with Crippen molar-refractivity contribution in [2.75, 3.05) is 0 Å². The van der Waals surface area contributed by atoms with Crippen LogP contribution in [-0.2, 0) is 0 Å². The molecule has 0 spiro atoms. The molecule has 0 aliphatic heterocycles. The van der Waals surface area contributed by atoms with Gasteiger partial charge in [-0.15, -0.1) is 0 Å². The smallest absolute Gasteiger partial charge is 0 e. The zero-order chi connectivity index (χ0) is 10.6. The van der Waals surface area contributed by atoms with E-state index in [1.165, 1.54) is 0 Å². The van der Waals surface area contributed by atoms with Crippen LogP contribution in [0.5, 0.6) is 0 Å². The fraction of sp³-hybridized carbons (Fsp3) is 0.200. The molecule has 1 heteroatoms. The molecule has 0 unspecified atom stereocenters. The molecule has 0 N–H and O–H groups in total. The summed E-state index contributed by atoms with van der Waals surface area (Å²) < 4.78 is 0. The summed E-state index contributed by atoms with van der Waals surface area (Å²) in [7, 11) is 0. The minimum atomic E-state index is 0. The predicted molar refractivity (Wildman–Crippen MR) is 68.7 cm³/mol. The Morgan fingerprint density at radius 1 is 0.375 bits per heavy atom. The third kappa shape index (κ3) is 10.3. The first-order valence-corrected chi connectivity index (χ1v) is 5.45. The van der Waals surface area contributed by atoms with Gasteiger partial charge in [-0.3, -0.25) is 0 Å². The second-order valence-electron chi connectivity index (χ2n) is 3.28. The van der Waals surface area contributed by atoms with Crippen molar-refractivity contribution in [3.63, 3.8) is 0 Å². The van der Waals surface area contributed by atoms with Gasteiger partial charge in [-0.1, -0.05) is 72.9 Å². The summed E-state index contributed by atoms with van der Waals surface area (Å²) in [5, 5.41) is 0. The van der Waals surface area contributed by atoms with Crippen LogP contribution < -0.4 is 0 Å². The van der Waals surface area contributed by atoms with Gasteiger partial charge in [-0.25, -0.2) is 0 Å². The number of allylic oxidation sites excluding steroid dienone is 12. The molecule has 0 saturated heterocycles. The van der Waals surface area contributed by atoms with Crippen LogP contribution in [0, 0.1) is 41.7 Å². The van der Waals surface area contributed by atoms with Gasteiger partial charge in [0.1, 0.15) is 0 Å². The molecule has 3 aliphatic rings. The zero-order valence-electron chi connectivity index (χ0n) is 9.55. The molecule has 0 nitrogen and oxygen atoms in total. The van der Waals surface area contributed by atoms with Crippen molar-refractivity contribution in [3.8, 4) is 0 Å². The summed E-state index contributed by atoms with van der Waals surface area (Å²) in [5.41, 5.74) is 0. The first-order valence-electron chi connectivity index (χ1n) is 5.45. The molecule has 0 radical (unpaired) electrons. The van der Waals surface area contributed by atoms with E-state index in [1.54, 1.807) is 0 Å². The van der Waals surface area contributed by atoms with Crippen molar-refractivity contribution in [1.82, 2.24) is 0 Å². The maximum Gasteiger partial charge on any atom is 0 e. The van der Waals surface area contributed by atoms with Crippen LogP contribution in [-0.4, -0.2) is 0 Å². The van der Waals surface area contributed by atoms with Crippen molar-refractivity contribution in [2.24, 2.45) is 0 Å². The third-order valence-corrected chi connectivity index (χ3v) is 1.97. The van der Waals surface area contributed by atoms with E-state index in [2.05, 4.69) is 72.9 Å². The van der Waals surface area contributed by atoms with Gasteiger partial charge >= 0.3 is 0 Å². The van der Waals surface area contributed by atoms with Crippen molar-refractivity contribution >= 4 is 0 Å². The normalized spacial score (nSPS) is 16.5. The Bertz CT molecular complexity index is 232. The standard InChI is InChI=1S/3C5H6.Ce/c3*1-2-4-5-3-1;/h3*1-4H,5H2;. The van der Waals surface area contributed by atoms with E-state index in [9.17, 15) is 0 Å². The van der Waals surface area contributed by atoms with E-state index in [0.29, 0.717) is 0 Å².